The van der Waals surface area contributed by atoms with E-state index in [0.29, 0.717) is 17.3 Å². The molecule has 1 unspecified atom stereocenters. The highest BCUT2D eigenvalue weighted by molar-refractivity contribution is 7.93. The molecule has 0 aliphatic carbocycles. The molecule has 18 heavy (non-hydrogen) atoms. The van der Waals surface area contributed by atoms with E-state index in [1.807, 2.05) is 19.9 Å². The molecule has 0 aliphatic heterocycles. The van der Waals surface area contributed by atoms with Crippen LogP contribution >= 0.6 is 11.6 Å². The number of hydrogen-bond acceptors (Lipinski definition) is 3. The van der Waals surface area contributed by atoms with Crippen LogP contribution in [0, 0.1) is 6.92 Å². The van der Waals surface area contributed by atoms with Crippen molar-refractivity contribution >= 4 is 27.3 Å². The van der Waals surface area contributed by atoms with Crippen molar-refractivity contribution in [3.63, 3.8) is 0 Å². The van der Waals surface area contributed by atoms with E-state index in [0.717, 1.165) is 12.1 Å². The van der Waals surface area contributed by atoms with Gasteiger partial charge < -0.3 is 5.32 Å². The molecule has 0 bridgehead atoms. The Balaban J connectivity index is 2.85. The minimum atomic E-state index is -3.42. The van der Waals surface area contributed by atoms with E-state index in [9.17, 15) is 8.42 Å². The molecule has 0 radical (unpaired) electrons. The predicted molar refractivity (Wildman–Crippen MR) is 76.7 cm³/mol. The summed E-state index contributed by atoms with van der Waals surface area (Å²) < 4.78 is 26.7. The van der Waals surface area contributed by atoms with Gasteiger partial charge in [-0.1, -0.05) is 24.6 Å². The van der Waals surface area contributed by atoms with Crippen LogP contribution < -0.4 is 10.0 Å². The number of anilines is 1. The van der Waals surface area contributed by atoms with E-state index in [2.05, 4.69) is 10.0 Å². The first-order valence-electron chi connectivity index (χ1n) is 5.85. The van der Waals surface area contributed by atoms with E-state index >= 15 is 0 Å². The van der Waals surface area contributed by atoms with E-state index < -0.39 is 15.3 Å². The molecule has 4 nitrogen and oxygen atoms in total. The highest BCUT2D eigenvalue weighted by atomic mass is 35.5. The second kappa shape index (κ2) is 6.41. The van der Waals surface area contributed by atoms with Crippen LogP contribution in [-0.2, 0) is 10.0 Å². The molecule has 0 aromatic heterocycles. The average Bonchev–Trinajstić information content (AvgIpc) is 2.30. The number of sulfonamides is 1. The summed E-state index contributed by atoms with van der Waals surface area (Å²) in [4.78, 5) is 0. The quantitative estimate of drug-likeness (QED) is 0.846. The van der Waals surface area contributed by atoms with Gasteiger partial charge in [0.05, 0.1) is 16.0 Å². The van der Waals surface area contributed by atoms with Gasteiger partial charge >= 0.3 is 0 Å². The van der Waals surface area contributed by atoms with Crippen molar-refractivity contribution in [2.75, 3.05) is 17.8 Å². The first-order valence-corrected chi connectivity index (χ1v) is 7.77. The molecule has 6 heteroatoms. The lowest BCUT2D eigenvalue weighted by atomic mass is 10.2. The Bertz CT molecular complexity index is 503. The van der Waals surface area contributed by atoms with Crippen LogP contribution in [0.5, 0.6) is 0 Å². The van der Waals surface area contributed by atoms with Gasteiger partial charge in [0.25, 0.3) is 0 Å². The smallest absolute Gasteiger partial charge is 0.236 e. The standard InChI is InChI=1S/C12H19ClN2O2S/c1-4-14-8-10(3)18(16,17)15-12-7-9(2)5-6-11(12)13/h5-7,10,14-15H,4,8H2,1-3H3. The van der Waals surface area contributed by atoms with Crippen molar-refractivity contribution in [1.82, 2.24) is 5.32 Å². The highest BCUT2D eigenvalue weighted by Gasteiger charge is 2.21. The Morgan fingerprint density at radius 3 is 2.67 bits per heavy atom. The Kier molecular flexibility index (Phi) is 5.44. The van der Waals surface area contributed by atoms with E-state index in [1.165, 1.54) is 0 Å². The number of nitrogens with one attached hydrogen (secondary N) is 2. The third-order valence-corrected chi connectivity index (χ3v) is 4.65. The zero-order valence-corrected chi connectivity index (χ0v) is 12.4. The van der Waals surface area contributed by atoms with E-state index in [-0.39, 0.29) is 0 Å². The molecule has 1 atom stereocenters. The molecule has 0 aliphatic rings. The molecule has 102 valence electrons. The van der Waals surface area contributed by atoms with Crippen molar-refractivity contribution in [3.05, 3.63) is 28.8 Å². The monoisotopic (exact) mass is 290 g/mol. The third-order valence-electron chi connectivity index (χ3n) is 2.59. The van der Waals surface area contributed by atoms with Crippen LogP contribution in [-0.4, -0.2) is 26.8 Å². The van der Waals surface area contributed by atoms with Crippen molar-refractivity contribution in [1.29, 1.82) is 0 Å². The van der Waals surface area contributed by atoms with Gasteiger partial charge in [-0.05, 0) is 38.1 Å². The molecule has 1 aromatic carbocycles. The lowest BCUT2D eigenvalue weighted by Crippen LogP contribution is -2.34. The maximum absolute atomic E-state index is 12.1. The van der Waals surface area contributed by atoms with Gasteiger partial charge in [-0.25, -0.2) is 8.42 Å². The van der Waals surface area contributed by atoms with Crippen LogP contribution in [0.2, 0.25) is 5.02 Å². The normalized spacial score (nSPS) is 13.3. The van der Waals surface area contributed by atoms with Gasteiger partial charge in [0.2, 0.25) is 10.0 Å². The molecule has 1 aromatic rings. The van der Waals surface area contributed by atoms with Gasteiger partial charge in [-0.2, -0.15) is 0 Å². The van der Waals surface area contributed by atoms with Crippen LogP contribution in [0.4, 0.5) is 5.69 Å². The summed E-state index contributed by atoms with van der Waals surface area (Å²) in [6.07, 6.45) is 0. The van der Waals surface area contributed by atoms with Gasteiger partial charge in [0.1, 0.15) is 0 Å². The number of aryl methyl sites for hydroxylation is 1. The summed E-state index contributed by atoms with van der Waals surface area (Å²) >= 11 is 5.97. The van der Waals surface area contributed by atoms with Gasteiger partial charge in [-0.3, -0.25) is 4.72 Å². The highest BCUT2D eigenvalue weighted by Crippen LogP contribution is 2.24. The van der Waals surface area contributed by atoms with E-state index in [4.69, 9.17) is 11.6 Å². The minimum Gasteiger partial charge on any atom is -0.316 e. The molecule has 2 N–H and O–H groups in total. The van der Waals surface area contributed by atoms with E-state index in [1.54, 1.807) is 19.1 Å². The zero-order chi connectivity index (χ0) is 13.8. The fourth-order valence-electron chi connectivity index (χ4n) is 1.43. The van der Waals surface area contributed by atoms with Crippen LogP contribution in [0.25, 0.3) is 0 Å². The second-order valence-electron chi connectivity index (χ2n) is 4.25. The number of benzene rings is 1. The van der Waals surface area contributed by atoms with Gasteiger partial charge in [-0.15, -0.1) is 0 Å². The zero-order valence-electron chi connectivity index (χ0n) is 10.8. The van der Waals surface area contributed by atoms with Crippen molar-refractivity contribution in [2.24, 2.45) is 0 Å². The molecule has 1 rings (SSSR count). The van der Waals surface area contributed by atoms with Crippen molar-refractivity contribution in [2.45, 2.75) is 26.0 Å². The van der Waals surface area contributed by atoms with Gasteiger partial charge in [0.15, 0.2) is 0 Å². The largest absolute Gasteiger partial charge is 0.316 e. The summed E-state index contributed by atoms with van der Waals surface area (Å²) in [6.45, 7) is 6.63. The topological polar surface area (TPSA) is 58.2 Å². The molecular weight excluding hydrogens is 272 g/mol. The Morgan fingerprint density at radius 2 is 2.06 bits per heavy atom. The maximum Gasteiger partial charge on any atom is 0.236 e. The first kappa shape index (κ1) is 15.3. The van der Waals surface area contributed by atoms with Crippen molar-refractivity contribution in [3.8, 4) is 0 Å². The molecule has 0 amide bonds. The van der Waals surface area contributed by atoms with Crippen LogP contribution in [0.3, 0.4) is 0 Å². The molecular formula is C12H19ClN2O2S. The van der Waals surface area contributed by atoms with Gasteiger partial charge in [0, 0.05) is 6.54 Å². The first-order chi connectivity index (χ1) is 8.36. The second-order valence-corrected chi connectivity index (χ2v) is 6.75. The SMILES string of the molecule is CCNCC(C)S(=O)(=O)Nc1cc(C)ccc1Cl. The van der Waals surface area contributed by atoms with Crippen LogP contribution in [0.1, 0.15) is 19.4 Å². The predicted octanol–water partition coefficient (Wildman–Crippen LogP) is 2.39. The number of halogens is 1. The number of hydrogen-bond donors (Lipinski definition) is 2. The lowest BCUT2D eigenvalue weighted by molar-refractivity contribution is 0.579. The summed E-state index contributed by atoms with van der Waals surface area (Å²) in [7, 11) is -3.42. The Labute approximate surface area is 114 Å². The summed E-state index contributed by atoms with van der Waals surface area (Å²) in [6, 6.07) is 5.24. The number of rotatable bonds is 6. The molecule has 0 saturated heterocycles. The summed E-state index contributed by atoms with van der Waals surface area (Å²) in [5.41, 5.74) is 1.39. The molecule has 0 heterocycles. The fraction of sp³-hybridized carbons (Fsp3) is 0.500. The average molecular weight is 291 g/mol. The summed E-state index contributed by atoms with van der Waals surface area (Å²) in [5, 5.41) is 2.90. The fourth-order valence-corrected chi connectivity index (χ4v) is 2.66. The maximum atomic E-state index is 12.1. The lowest BCUT2D eigenvalue weighted by Gasteiger charge is -2.16. The minimum absolute atomic E-state index is 0.403. The molecule has 0 spiro atoms. The van der Waals surface area contributed by atoms with Crippen LogP contribution in [0.15, 0.2) is 18.2 Å². The van der Waals surface area contributed by atoms with Crippen molar-refractivity contribution < 1.29 is 8.42 Å². The summed E-state index contributed by atoms with van der Waals surface area (Å²) in [5.74, 6) is 0. The third kappa shape index (κ3) is 4.15. The molecule has 0 fully saturated rings. The molecule has 0 saturated carbocycles. The Morgan fingerprint density at radius 1 is 1.39 bits per heavy atom. The Hall–Kier alpha value is -0.780.